The zero-order valence-electron chi connectivity index (χ0n) is 22.4. The number of aliphatic hydroxyl groups excluding tert-OH is 2. The van der Waals surface area contributed by atoms with E-state index in [0.29, 0.717) is 18.4 Å². The Morgan fingerprint density at radius 1 is 1.03 bits per heavy atom. The summed E-state index contributed by atoms with van der Waals surface area (Å²) in [4.78, 5) is 38.4. The third-order valence-electron chi connectivity index (χ3n) is 6.49. The number of carbonyl (C=O) groups excluding carboxylic acids is 3. The zero-order chi connectivity index (χ0) is 28.5. The number of nitrogens with one attached hydrogen (secondary N) is 1. The van der Waals surface area contributed by atoms with Crippen LogP contribution in [0.1, 0.15) is 45.2 Å². The lowest BCUT2D eigenvalue weighted by Crippen LogP contribution is -2.72. The van der Waals surface area contributed by atoms with Gasteiger partial charge in [0, 0.05) is 6.42 Å². The Bertz CT molecular complexity index is 1040. The Balaban J connectivity index is 2.42. The van der Waals surface area contributed by atoms with Gasteiger partial charge in [-0.25, -0.2) is 9.59 Å². The van der Waals surface area contributed by atoms with Gasteiger partial charge in [0.25, 0.3) is 0 Å². The molecule has 5 atom stereocenters. The van der Waals surface area contributed by atoms with Gasteiger partial charge in [0.2, 0.25) is 6.41 Å². The molecule has 10 heteroatoms. The highest BCUT2D eigenvalue weighted by Crippen LogP contribution is 2.26. The molecule has 0 saturated heterocycles. The maximum Gasteiger partial charge on any atom is 0.420 e. The third kappa shape index (κ3) is 8.09. The second-order valence-corrected chi connectivity index (χ2v) is 10.6. The quantitative estimate of drug-likeness (QED) is 0.120. The van der Waals surface area contributed by atoms with Crippen LogP contribution in [0.3, 0.4) is 0 Å². The number of aliphatic hydroxyl groups is 2. The van der Waals surface area contributed by atoms with Crippen molar-refractivity contribution in [3.05, 3.63) is 71.8 Å². The molecule has 10 nitrogen and oxygen atoms in total. The van der Waals surface area contributed by atoms with E-state index < -0.39 is 47.6 Å². The molecule has 5 unspecified atom stereocenters. The number of rotatable bonds is 12. The predicted octanol–water partition coefficient (Wildman–Crippen LogP) is 1.67. The Hall–Kier alpha value is -3.31. The molecular formula is C28H40N4O6. The summed E-state index contributed by atoms with van der Waals surface area (Å²) in [6.45, 7) is 6.46. The van der Waals surface area contributed by atoms with Gasteiger partial charge in [-0.15, -0.1) is 0 Å². The van der Waals surface area contributed by atoms with Crippen LogP contribution in [-0.2, 0) is 27.2 Å². The van der Waals surface area contributed by atoms with Crippen LogP contribution in [0.5, 0.6) is 0 Å². The number of nitrogens with two attached hydrogens (primary N) is 2. The molecule has 7 N–H and O–H groups in total. The largest absolute Gasteiger partial charge is 0.420 e. The third-order valence-corrected chi connectivity index (χ3v) is 6.49. The second kappa shape index (κ2) is 13.5. The smallest absolute Gasteiger partial charge is 0.390 e. The molecule has 0 spiro atoms. The minimum atomic E-state index is -1.86. The van der Waals surface area contributed by atoms with Gasteiger partial charge in [-0.1, -0.05) is 81.4 Å². The number of amides is 2. The van der Waals surface area contributed by atoms with Crippen molar-refractivity contribution >= 4 is 18.5 Å². The van der Waals surface area contributed by atoms with Crippen LogP contribution < -0.4 is 16.8 Å². The van der Waals surface area contributed by atoms with E-state index in [1.807, 2.05) is 30.3 Å². The predicted molar refractivity (Wildman–Crippen MR) is 143 cm³/mol. The summed E-state index contributed by atoms with van der Waals surface area (Å²) in [5.41, 5.74) is 12.1. The van der Waals surface area contributed by atoms with Crippen molar-refractivity contribution in [1.82, 2.24) is 10.2 Å². The van der Waals surface area contributed by atoms with E-state index in [-0.39, 0.29) is 12.8 Å². The van der Waals surface area contributed by atoms with Crippen LogP contribution in [0, 0.1) is 5.41 Å². The van der Waals surface area contributed by atoms with E-state index >= 15 is 0 Å². The molecule has 2 aromatic carbocycles. The maximum absolute atomic E-state index is 13.5. The summed E-state index contributed by atoms with van der Waals surface area (Å²) >= 11 is 0. The highest BCUT2D eigenvalue weighted by Gasteiger charge is 2.47. The van der Waals surface area contributed by atoms with Crippen molar-refractivity contribution in [1.29, 1.82) is 0 Å². The van der Waals surface area contributed by atoms with Crippen molar-refractivity contribution in [2.24, 2.45) is 16.9 Å². The first-order chi connectivity index (χ1) is 17.8. The topological polar surface area (TPSA) is 168 Å². The number of ether oxygens (including phenoxy) is 1. The minimum Gasteiger partial charge on any atom is -0.390 e. The van der Waals surface area contributed by atoms with Gasteiger partial charge in [0.1, 0.15) is 17.9 Å². The summed E-state index contributed by atoms with van der Waals surface area (Å²) in [5, 5.41) is 24.2. The number of benzene rings is 2. The fourth-order valence-electron chi connectivity index (χ4n) is 4.16. The monoisotopic (exact) mass is 528 g/mol. The van der Waals surface area contributed by atoms with E-state index in [1.54, 1.807) is 51.1 Å². The molecule has 2 aromatic rings. The Labute approximate surface area is 224 Å². The van der Waals surface area contributed by atoms with E-state index in [4.69, 9.17) is 16.2 Å². The van der Waals surface area contributed by atoms with Crippen LogP contribution in [0.15, 0.2) is 60.7 Å². The first-order valence-electron chi connectivity index (χ1n) is 12.5. The van der Waals surface area contributed by atoms with Crippen molar-refractivity contribution in [3.63, 3.8) is 0 Å². The number of aryl methyl sites for hydroxylation is 1. The lowest BCUT2D eigenvalue weighted by Gasteiger charge is -2.46. The van der Waals surface area contributed by atoms with Gasteiger partial charge in [0.05, 0.1) is 12.2 Å². The highest BCUT2D eigenvalue weighted by atomic mass is 16.6. The van der Waals surface area contributed by atoms with Gasteiger partial charge in [-0.3, -0.25) is 9.69 Å². The molecule has 0 bridgehead atoms. The lowest BCUT2D eigenvalue weighted by atomic mass is 9.87. The first kappa shape index (κ1) is 30.9. The van der Waals surface area contributed by atoms with Gasteiger partial charge >= 0.3 is 12.1 Å². The van der Waals surface area contributed by atoms with Crippen LogP contribution in [0.4, 0.5) is 4.79 Å². The molecule has 2 amide bonds. The van der Waals surface area contributed by atoms with Crippen LogP contribution in [-0.4, -0.2) is 63.7 Å². The number of hydrogen-bond acceptors (Lipinski definition) is 8. The molecule has 38 heavy (non-hydrogen) atoms. The second-order valence-electron chi connectivity index (χ2n) is 10.6. The summed E-state index contributed by atoms with van der Waals surface area (Å²) in [5.74, 6) is -1.03. The number of hydrogen-bond donors (Lipinski definition) is 5. The molecule has 0 aliphatic carbocycles. The molecule has 0 aromatic heterocycles. The number of carbonyl (C=O) groups is 3. The average Bonchev–Trinajstić information content (AvgIpc) is 2.86. The van der Waals surface area contributed by atoms with Crippen molar-refractivity contribution in [2.45, 2.75) is 77.0 Å². The molecular weight excluding hydrogens is 488 g/mol. The maximum atomic E-state index is 13.5. The van der Waals surface area contributed by atoms with Crippen LogP contribution in [0.2, 0.25) is 0 Å². The minimum absolute atomic E-state index is 0.0524. The highest BCUT2D eigenvalue weighted by molar-refractivity contribution is 5.89. The molecule has 0 heterocycles. The normalized spacial score (nSPS) is 16.3. The number of nitrogens with zero attached hydrogens (tertiary/aromatic N) is 1. The van der Waals surface area contributed by atoms with E-state index in [0.717, 1.165) is 10.5 Å². The SMILES string of the molecule is CC(O)C(N)(Cc1ccccc1)N(C(=O)OC(=O)C(NC=O)C(C)(C)C)C(N)C(O)CCc1ccccc1. The standard InChI is InChI=1S/C28H40N4O6/c1-19(34)28(30,17-21-13-9-6-10-14-21)32(24(29)22(35)16-15-20-11-7-5-8-12-20)26(37)38-25(36)23(31-18-33)27(2,3)4/h5-14,18-19,22-24,34-35H,15-17,29-30H2,1-4H3,(H,31,33). The fourth-order valence-corrected chi connectivity index (χ4v) is 4.16. The summed E-state index contributed by atoms with van der Waals surface area (Å²) in [6, 6.07) is 17.1. The Kier molecular flexibility index (Phi) is 11.0. The van der Waals surface area contributed by atoms with Crippen molar-refractivity contribution in [3.8, 4) is 0 Å². The molecule has 2 rings (SSSR count). The van der Waals surface area contributed by atoms with E-state index in [9.17, 15) is 24.6 Å². The van der Waals surface area contributed by atoms with Gasteiger partial charge in [0.15, 0.2) is 0 Å². The molecule has 208 valence electrons. The summed E-state index contributed by atoms with van der Waals surface area (Å²) in [7, 11) is 0. The summed E-state index contributed by atoms with van der Waals surface area (Å²) < 4.78 is 5.17. The molecule has 0 aliphatic rings. The van der Waals surface area contributed by atoms with Gasteiger partial charge in [-0.2, -0.15) is 0 Å². The molecule has 0 saturated carbocycles. The summed E-state index contributed by atoms with van der Waals surface area (Å²) in [6.07, 6.45) is -4.39. The van der Waals surface area contributed by atoms with Crippen molar-refractivity contribution < 1.29 is 29.3 Å². The lowest BCUT2D eigenvalue weighted by molar-refractivity contribution is -0.147. The molecule has 0 aliphatic heterocycles. The fraction of sp³-hybridized carbons (Fsp3) is 0.464. The Morgan fingerprint density at radius 3 is 2.03 bits per heavy atom. The zero-order valence-corrected chi connectivity index (χ0v) is 22.4. The van der Waals surface area contributed by atoms with Crippen LogP contribution >= 0.6 is 0 Å². The Morgan fingerprint density at radius 2 is 1.55 bits per heavy atom. The molecule has 0 fully saturated rings. The van der Waals surface area contributed by atoms with E-state index in [2.05, 4.69) is 5.32 Å². The first-order valence-corrected chi connectivity index (χ1v) is 12.5. The van der Waals surface area contributed by atoms with Crippen molar-refractivity contribution in [2.75, 3.05) is 0 Å². The molecule has 0 radical (unpaired) electrons. The van der Waals surface area contributed by atoms with Gasteiger partial charge < -0.3 is 31.7 Å². The van der Waals surface area contributed by atoms with Gasteiger partial charge in [-0.05, 0) is 36.3 Å². The van der Waals surface area contributed by atoms with Crippen LogP contribution in [0.25, 0.3) is 0 Å². The van der Waals surface area contributed by atoms with E-state index in [1.165, 1.54) is 6.92 Å². The average molecular weight is 529 g/mol. The number of esters is 1.